The highest BCUT2D eigenvalue weighted by Gasteiger charge is 2.25. The second-order valence-corrected chi connectivity index (χ2v) is 7.18. The Bertz CT molecular complexity index is 522. The van der Waals surface area contributed by atoms with E-state index in [1.165, 1.54) is 4.31 Å². The first kappa shape index (κ1) is 15.1. The molecule has 20 heavy (non-hydrogen) atoms. The molecular weight excluding hydrogens is 276 g/mol. The summed E-state index contributed by atoms with van der Waals surface area (Å²) in [5.41, 5.74) is 0.666. The van der Waals surface area contributed by atoms with Crippen molar-refractivity contribution in [1.82, 2.24) is 5.32 Å². The predicted molar refractivity (Wildman–Crippen MR) is 80.8 cm³/mol. The van der Waals surface area contributed by atoms with Crippen LogP contribution in [0.3, 0.4) is 0 Å². The van der Waals surface area contributed by atoms with Crippen LogP contribution in [0.5, 0.6) is 5.75 Å². The molecule has 0 aliphatic carbocycles. The van der Waals surface area contributed by atoms with E-state index >= 15 is 0 Å². The molecule has 0 saturated carbocycles. The highest BCUT2D eigenvalue weighted by atomic mass is 32.2. The van der Waals surface area contributed by atoms with Crippen molar-refractivity contribution in [1.29, 1.82) is 0 Å². The summed E-state index contributed by atoms with van der Waals surface area (Å²) in [5.74, 6) is 1.19. The quantitative estimate of drug-likeness (QED) is 0.894. The number of ether oxygens (including phenoxy) is 1. The van der Waals surface area contributed by atoms with Crippen molar-refractivity contribution >= 4 is 15.7 Å². The Labute approximate surface area is 121 Å². The molecule has 1 N–H and O–H groups in total. The van der Waals surface area contributed by atoms with E-state index in [1.807, 2.05) is 0 Å². The number of piperidine rings is 1. The lowest BCUT2D eigenvalue weighted by Crippen LogP contribution is -2.36. The normalized spacial score (nSPS) is 16.9. The summed E-state index contributed by atoms with van der Waals surface area (Å²) in [6, 6.07) is 7.06. The summed E-state index contributed by atoms with van der Waals surface area (Å²) < 4.78 is 31.3. The Balaban J connectivity index is 2.06. The van der Waals surface area contributed by atoms with Crippen molar-refractivity contribution in [3.63, 3.8) is 0 Å². The zero-order chi connectivity index (χ0) is 14.6. The van der Waals surface area contributed by atoms with Crippen LogP contribution in [0.2, 0.25) is 0 Å². The highest BCUT2D eigenvalue weighted by Crippen LogP contribution is 2.23. The topological polar surface area (TPSA) is 58.6 Å². The third-order valence-electron chi connectivity index (χ3n) is 3.76. The third kappa shape index (κ3) is 3.64. The minimum Gasteiger partial charge on any atom is -0.497 e. The highest BCUT2D eigenvalue weighted by molar-refractivity contribution is 7.92. The summed E-state index contributed by atoms with van der Waals surface area (Å²) in [6.07, 6.45) is 1.85. The number of hydrogen-bond donors (Lipinski definition) is 1. The number of benzene rings is 1. The van der Waals surface area contributed by atoms with Gasteiger partial charge in [0.25, 0.3) is 0 Å². The number of methoxy groups -OCH3 is 1. The molecule has 0 spiro atoms. The molecule has 0 atom stereocenters. The van der Waals surface area contributed by atoms with Crippen molar-refractivity contribution in [2.24, 2.45) is 5.92 Å². The maximum Gasteiger partial charge on any atom is 0.235 e. The fraction of sp³-hybridized carbons (Fsp3) is 0.571. The number of hydrogen-bond acceptors (Lipinski definition) is 4. The third-order valence-corrected chi connectivity index (χ3v) is 5.70. The van der Waals surface area contributed by atoms with Gasteiger partial charge in [0.05, 0.1) is 18.6 Å². The molecule has 0 radical (unpaired) electrons. The number of nitrogens with one attached hydrogen (secondary N) is 1. The molecule has 5 nitrogen and oxygen atoms in total. The largest absolute Gasteiger partial charge is 0.497 e. The van der Waals surface area contributed by atoms with Gasteiger partial charge in [-0.1, -0.05) is 0 Å². The van der Waals surface area contributed by atoms with Gasteiger partial charge < -0.3 is 10.1 Å². The van der Waals surface area contributed by atoms with Crippen molar-refractivity contribution in [2.75, 3.05) is 37.3 Å². The lowest BCUT2D eigenvalue weighted by atomic mass is 10.0. The van der Waals surface area contributed by atoms with Crippen LogP contribution in [-0.2, 0) is 10.0 Å². The van der Waals surface area contributed by atoms with Crippen molar-refractivity contribution < 1.29 is 13.2 Å². The number of rotatable bonds is 5. The van der Waals surface area contributed by atoms with Gasteiger partial charge in [0.15, 0.2) is 0 Å². The van der Waals surface area contributed by atoms with Crippen LogP contribution in [-0.4, -0.2) is 41.4 Å². The van der Waals surface area contributed by atoms with Crippen molar-refractivity contribution in [3.8, 4) is 5.75 Å². The lowest BCUT2D eigenvalue weighted by Gasteiger charge is -2.26. The average molecular weight is 298 g/mol. The van der Waals surface area contributed by atoms with Gasteiger partial charge in [-0.2, -0.15) is 0 Å². The summed E-state index contributed by atoms with van der Waals surface area (Å²) in [6.45, 7) is 1.82. The predicted octanol–water partition coefficient (Wildman–Crippen LogP) is 1.46. The van der Waals surface area contributed by atoms with E-state index in [1.54, 1.807) is 38.4 Å². The maximum atomic E-state index is 12.4. The van der Waals surface area contributed by atoms with Crippen LogP contribution >= 0.6 is 0 Å². The Hall–Kier alpha value is -1.27. The van der Waals surface area contributed by atoms with Crippen molar-refractivity contribution in [2.45, 2.75) is 12.8 Å². The molecule has 2 rings (SSSR count). The SMILES string of the molecule is COc1ccc(N(C)S(=O)(=O)CC2CCNCC2)cc1. The monoisotopic (exact) mass is 298 g/mol. The molecule has 1 heterocycles. The Morgan fingerprint density at radius 1 is 1.25 bits per heavy atom. The van der Waals surface area contributed by atoms with Crippen LogP contribution < -0.4 is 14.4 Å². The maximum absolute atomic E-state index is 12.4. The van der Waals surface area contributed by atoms with Gasteiger partial charge in [-0.25, -0.2) is 8.42 Å². The first-order chi connectivity index (χ1) is 9.53. The number of anilines is 1. The Morgan fingerprint density at radius 2 is 1.85 bits per heavy atom. The fourth-order valence-corrected chi connectivity index (χ4v) is 4.01. The van der Waals surface area contributed by atoms with E-state index in [4.69, 9.17) is 4.74 Å². The molecule has 1 saturated heterocycles. The van der Waals surface area contributed by atoms with Gasteiger partial charge in [0.2, 0.25) is 10.0 Å². The Morgan fingerprint density at radius 3 is 2.40 bits per heavy atom. The van der Waals surface area contributed by atoms with Gasteiger partial charge >= 0.3 is 0 Å². The molecule has 0 aromatic heterocycles. The van der Waals surface area contributed by atoms with Crippen LogP contribution in [0.4, 0.5) is 5.69 Å². The van der Waals surface area contributed by atoms with Crippen LogP contribution in [0, 0.1) is 5.92 Å². The number of nitrogens with zero attached hydrogens (tertiary/aromatic N) is 1. The molecule has 0 unspecified atom stereocenters. The molecule has 112 valence electrons. The van der Waals surface area contributed by atoms with Gasteiger partial charge in [0, 0.05) is 7.05 Å². The summed E-state index contributed by atoms with van der Waals surface area (Å²) in [4.78, 5) is 0. The second kappa shape index (κ2) is 6.45. The standard InChI is InChI=1S/C14H22N2O3S/c1-16(13-3-5-14(19-2)6-4-13)20(17,18)11-12-7-9-15-10-8-12/h3-6,12,15H,7-11H2,1-2H3. The van der Waals surface area contributed by atoms with E-state index in [2.05, 4.69) is 5.32 Å². The molecule has 1 aliphatic rings. The molecular formula is C14H22N2O3S. The average Bonchev–Trinajstić information content (AvgIpc) is 2.47. The van der Waals surface area contributed by atoms with Crippen LogP contribution in [0.1, 0.15) is 12.8 Å². The van der Waals surface area contributed by atoms with E-state index < -0.39 is 10.0 Å². The van der Waals surface area contributed by atoms with E-state index in [0.29, 0.717) is 5.69 Å². The summed E-state index contributed by atoms with van der Waals surface area (Å²) >= 11 is 0. The minimum absolute atomic E-state index is 0.219. The molecule has 1 aliphatic heterocycles. The minimum atomic E-state index is -3.27. The smallest absolute Gasteiger partial charge is 0.235 e. The molecule has 1 aromatic carbocycles. The second-order valence-electron chi connectivity index (χ2n) is 5.14. The van der Waals surface area contributed by atoms with Crippen molar-refractivity contribution in [3.05, 3.63) is 24.3 Å². The zero-order valence-electron chi connectivity index (χ0n) is 12.0. The first-order valence-electron chi connectivity index (χ1n) is 6.84. The van der Waals surface area contributed by atoms with E-state index in [-0.39, 0.29) is 11.7 Å². The molecule has 6 heteroatoms. The molecule has 0 bridgehead atoms. The Kier molecular flexibility index (Phi) is 4.88. The van der Waals surface area contributed by atoms with Crippen LogP contribution in [0.25, 0.3) is 0 Å². The van der Waals surface area contributed by atoms with Crippen LogP contribution in [0.15, 0.2) is 24.3 Å². The summed E-state index contributed by atoms with van der Waals surface area (Å²) in [7, 11) is -0.0686. The molecule has 1 aromatic rings. The van der Waals surface area contributed by atoms with Gasteiger partial charge in [-0.15, -0.1) is 0 Å². The van der Waals surface area contributed by atoms with E-state index in [0.717, 1.165) is 31.7 Å². The zero-order valence-corrected chi connectivity index (χ0v) is 12.8. The van der Waals surface area contributed by atoms with Gasteiger partial charge in [-0.05, 0) is 56.1 Å². The fourth-order valence-electron chi connectivity index (χ4n) is 2.41. The molecule has 0 amide bonds. The lowest BCUT2D eigenvalue weighted by molar-refractivity contribution is 0.401. The summed E-state index contributed by atoms with van der Waals surface area (Å²) in [5, 5.41) is 3.25. The molecule has 1 fully saturated rings. The first-order valence-corrected chi connectivity index (χ1v) is 8.45. The number of sulfonamides is 1. The van der Waals surface area contributed by atoms with Gasteiger partial charge in [-0.3, -0.25) is 4.31 Å². The van der Waals surface area contributed by atoms with Gasteiger partial charge in [0.1, 0.15) is 5.75 Å². The van der Waals surface area contributed by atoms with E-state index in [9.17, 15) is 8.42 Å².